The van der Waals surface area contributed by atoms with Crippen LogP contribution in [-0.2, 0) is 4.74 Å². The van der Waals surface area contributed by atoms with E-state index >= 15 is 0 Å². The second-order valence-electron chi connectivity index (χ2n) is 9.64. The number of aryl methyl sites for hydroxylation is 2. The Morgan fingerprint density at radius 2 is 1.63 bits per heavy atom. The number of urea groups is 1. The summed E-state index contributed by atoms with van der Waals surface area (Å²) in [7, 11) is 0. The molecule has 0 fully saturated rings. The summed E-state index contributed by atoms with van der Waals surface area (Å²) < 4.78 is 11.6. The molecular formula is C33H27N5O3. The third-order valence-electron chi connectivity index (χ3n) is 6.70. The van der Waals surface area contributed by atoms with Crippen LogP contribution in [0.1, 0.15) is 17.0 Å². The van der Waals surface area contributed by atoms with E-state index in [-0.39, 0.29) is 12.6 Å². The number of azo groups is 1. The zero-order chi connectivity index (χ0) is 28.2. The van der Waals surface area contributed by atoms with E-state index < -0.39 is 0 Å². The number of aromatic nitrogens is 1. The van der Waals surface area contributed by atoms with E-state index in [1.165, 1.54) is 0 Å². The number of hydrogen-bond donors (Lipinski definition) is 2. The summed E-state index contributed by atoms with van der Waals surface area (Å²) in [5, 5.41) is 14.7. The molecule has 8 nitrogen and oxygen atoms in total. The number of ether oxygens (including phenoxy) is 1. The Hall–Kier alpha value is -5.50. The average Bonchev–Trinajstić information content (AvgIpc) is 3.42. The fourth-order valence-corrected chi connectivity index (χ4v) is 4.60. The van der Waals surface area contributed by atoms with Crippen molar-refractivity contribution in [3.8, 4) is 11.1 Å². The highest BCUT2D eigenvalue weighted by Gasteiger charge is 2.18. The van der Waals surface area contributed by atoms with E-state index in [1.807, 2.05) is 74.5 Å². The number of nitrogens with one attached hydrogen (secondary N) is 2. The predicted octanol–water partition coefficient (Wildman–Crippen LogP) is 8.79. The topological polar surface area (TPSA) is 101 Å². The lowest BCUT2D eigenvalue weighted by molar-refractivity contribution is 0.262. The molecule has 1 aliphatic heterocycles. The number of allylic oxidation sites excluding steroid dienone is 2. The summed E-state index contributed by atoms with van der Waals surface area (Å²) in [4.78, 5) is 17.4. The van der Waals surface area contributed by atoms with Gasteiger partial charge in [0.05, 0.1) is 17.5 Å². The van der Waals surface area contributed by atoms with Gasteiger partial charge in [-0.1, -0.05) is 60.7 Å². The maximum atomic E-state index is 12.7. The molecule has 8 heteroatoms. The van der Waals surface area contributed by atoms with E-state index in [1.54, 1.807) is 30.5 Å². The first-order valence-corrected chi connectivity index (χ1v) is 13.2. The maximum absolute atomic E-state index is 12.7. The predicted molar refractivity (Wildman–Crippen MR) is 161 cm³/mol. The Kier molecular flexibility index (Phi) is 7.11. The molecule has 0 aliphatic carbocycles. The van der Waals surface area contributed by atoms with Crippen LogP contribution in [0, 0.1) is 13.8 Å². The van der Waals surface area contributed by atoms with Gasteiger partial charge in [-0.3, -0.25) is 0 Å². The molecule has 0 unspecified atom stereocenters. The molecule has 0 atom stereocenters. The van der Waals surface area contributed by atoms with Crippen LogP contribution in [0.5, 0.6) is 0 Å². The summed E-state index contributed by atoms with van der Waals surface area (Å²) in [6, 6.07) is 28.8. The number of para-hydroxylation sites is 1. The van der Waals surface area contributed by atoms with Gasteiger partial charge in [-0.25, -0.2) is 9.78 Å². The number of fused-ring (bicyclic) bond motifs is 1. The van der Waals surface area contributed by atoms with E-state index in [4.69, 9.17) is 14.1 Å². The van der Waals surface area contributed by atoms with Crippen molar-refractivity contribution in [3.05, 3.63) is 126 Å². The first-order chi connectivity index (χ1) is 20.0. The lowest BCUT2D eigenvalue weighted by Gasteiger charge is -2.12. The molecule has 4 aromatic carbocycles. The van der Waals surface area contributed by atoms with Gasteiger partial charge in [0.25, 0.3) is 0 Å². The van der Waals surface area contributed by atoms with Crippen LogP contribution in [0.25, 0.3) is 27.8 Å². The van der Waals surface area contributed by atoms with Gasteiger partial charge in [-0.05, 0) is 72.5 Å². The van der Waals surface area contributed by atoms with Crippen molar-refractivity contribution in [2.45, 2.75) is 13.8 Å². The molecule has 2 heterocycles. The highest BCUT2D eigenvalue weighted by molar-refractivity contribution is 6.01. The Morgan fingerprint density at radius 1 is 0.829 bits per heavy atom. The highest BCUT2D eigenvalue weighted by Crippen LogP contribution is 2.31. The standard InChI is InChI=1S/C33H27N5O3/c1-21-8-6-9-22(2)31(21)36-33(39)34-25-12-7-13-26(19-25)37-38-29-20-40-17-16-27(29)32-35-28-18-24(14-15-30(28)41-32)23-10-4-3-5-11-23/h3-19H,20H2,1-2H3,(H2,34,36,39). The van der Waals surface area contributed by atoms with Crippen LogP contribution in [-0.4, -0.2) is 17.6 Å². The van der Waals surface area contributed by atoms with Gasteiger partial charge in [0.2, 0.25) is 5.89 Å². The molecule has 202 valence electrons. The molecule has 5 aromatic rings. The first kappa shape index (κ1) is 25.8. The summed E-state index contributed by atoms with van der Waals surface area (Å²) in [6.07, 6.45) is 3.37. The van der Waals surface area contributed by atoms with E-state index in [0.29, 0.717) is 34.1 Å². The fraction of sp³-hybridized carbons (Fsp3) is 0.0909. The van der Waals surface area contributed by atoms with Crippen molar-refractivity contribution < 1.29 is 13.9 Å². The third kappa shape index (κ3) is 5.77. The number of rotatable bonds is 6. The Balaban J connectivity index is 1.22. The van der Waals surface area contributed by atoms with Crippen LogP contribution in [0.3, 0.4) is 0 Å². The zero-order valence-electron chi connectivity index (χ0n) is 22.6. The Bertz CT molecular complexity index is 1820. The molecule has 6 rings (SSSR count). The van der Waals surface area contributed by atoms with Crippen LogP contribution in [0.4, 0.5) is 21.9 Å². The number of anilines is 2. The van der Waals surface area contributed by atoms with Crippen molar-refractivity contribution in [2.75, 3.05) is 17.2 Å². The maximum Gasteiger partial charge on any atom is 0.323 e. The number of carbonyl (C=O) groups is 1. The normalized spacial score (nSPS) is 13.0. The largest absolute Gasteiger partial charge is 0.495 e. The Morgan fingerprint density at radius 3 is 2.46 bits per heavy atom. The quantitative estimate of drug-likeness (QED) is 0.210. The van der Waals surface area contributed by atoms with Gasteiger partial charge in [0, 0.05) is 11.4 Å². The van der Waals surface area contributed by atoms with E-state index in [9.17, 15) is 4.79 Å². The minimum absolute atomic E-state index is 0.222. The number of nitrogens with zero attached hydrogens (tertiary/aromatic N) is 3. The summed E-state index contributed by atoms with van der Waals surface area (Å²) in [5.74, 6) is 0.442. The minimum Gasteiger partial charge on any atom is -0.495 e. The molecule has 2 N–H and O–H groups in total. The summed E-state index contributed by atoms with van der Waals surface area (Å²) in [5.41, 5.74) is 8.81. The second-order valence-corrected chi connectivity index (χ2v) is 9.64. The van der Waals surface area contributed by atoms with Crippen LogP contribution in [0.2, 0.25) is 0 Å². The number of hydrogen-bond acceptors (Lipinski definition) is 6. The molecule has 0 saturated heterocycles. The van der Waals surface area contributed by atoms with Crippen LogP contribution in [0.15, 0.2) is 124 Å². The molecule has 0 spiro atoms. The van der Waals surface area contributed by atoms with Gasteiger partial charge in [0.1, 0.15) is 17.8 Å². The zero-order valence-corrected chi connectivity index (χ0v) is 22.6. The van der Waals surface area contributed by atoms with Crippen molar-refractivity contribution >= 4 is 39.8 Å². The van der Waals surface area contributed by atoms with Crippen molar-refractivity contribution in [1.82, 2.24) is 4.98 Å². The molecule has 0 saturated carbocycles. The third-order valence-corrected chi connectivity index (χ3v) is 6.70. The van der Waals surface area contributed by atoms with E-state index in [2.05, 4.69) is 33.0 Å². The fourth-order valence-electron chi connectivity index (χ4n) is 4.60. The number of benzene rings is 4. The molecular weight excluding hydrogens is 514 g/mol. The van der Waals surface area contributed by atoms with Gasteiger partial charge in [-0.15, -0.1) is 0 Å². The molecule has 2 amide bonds. The number of oxazole rings is 1. The van der Waals surface area contributed by atoms with Crippen LogP contribution >= 0.6 is 0 Å². The lowest BCUT2D eigenvalue weighted by atomic mass is 10.1. The lowest BCUT2D eigenvalue weighted by Crippen LogP contribution is -2.20. The molecule has 0 bridgehead atoms. The van der Waals surface area contributed by atoms with Gasteiger partial charge >= 0.3 is 6.03 Å². The molecule has 1 aliphatic rings. The monoisotopic (exact) mass is 541 g/mol. The van der Waals surface area contributed by atoms with Crippen LogP contribution < -0.4 is 10.6 Å². The average molecular weight is 542 g/mol. The highest BCUT2D eigenvalue weighted by atomic mass is 16.5. The molecule has 0 radical (unpaired) electrons. The molecule has 41 heavy (non-hydrogen) atoms. The van der Waals surface area contributed by atoms with Gasteiger partial charge in [-0.2, -0.15) is 10.2 Å². The van der Waals surface area contributed by atoms with Crippen molar-refractivity contribution in [1.29, 1.82) is 0 Å². The number of carbonyl (C=O) groups excluding carboxylic acids is 1. The van der Waals surface area contributed by atoms with Gasteiger partial charge < -0.3 is 19.8 Å². The summed E-state index contributed by atoms with van der Waals surface area (Å²) >= 11 is 0. The van der Waals surface area contributed by atoms with Crippen molar-refractivity contribution in [3.63, 3.8) is 0 Å². The van der Waals surface area contributed by atoms with E-state index in [0.717, 1.165) is 33.5 Å². The Labute approximate surface area is 237 Å². The second kappa shape index (κ2) is 11.3. The SMILES string of the molecule is Cc1cccc(C)c1NC(=O)Nc1cccc(N=NC2=C(c3nc4cc(-c5ccccc5)ccc4o3)C=COC2)c1. The number of amides is 2. The molecule has 1 aromatic heterocycles. The van der Waals surface area contributed by atoms with Crippen molar-refractivity contribution in [2.24, 2.45) is 10.2 Å². The van der Waals surface area contributed by atoms with Gasteiger partial charge in [0.15, 0.2) is 5.58 Å². The summed E-state index contributed by atoms with van der Waals surface area (Å²) in [6.45, 7) is 4.14. The first-order valence-electron chi connectivity index (χ1n) is 13.2. The minimum atomic E-state index is -0.335. The smallest absolute Gasteiger partial charge is 0.323 e.